The van der Waals surface area contributed by atoms with Gasteiger partial charge in [-0.2, -0.15) is 0 Å². The van der Waals surface area contributed by atoms with Crippen LogP contribution >= 0.6 is 15.9 Å². The van der Waals surface area contributed by atoms with Crippen molar-refractivity contribution in [2.75, 3.05) is 0 Å². The van der Waals surface area contributed by atoms with Crippen molar-refractivity contribution in [3.8, 4) is 0 Å². The summed E-state index contributed by atoms with van der Waals surface area (Å²) in [5.41, 5.74) is 0.797. The molecule has 1 aliphatic rings. The van der Waals surface area contributed by atoms with E-state index < -0.39 is 10.9 Å². The summed E-state index contributed by atoms with van der Waals surface area (Å²) in [7, 11) is 0. The molecule has 19 heavy (non-hydrogen) atoms. The van der Waals surface area contributed by atoms with E-state index in [0.29, 0.717) is 24.0 Å². The SMILES string of the molecule is O=C(O)CCCC(Br)N1C(=O)c2ccccc2C1=O. The fourth-order valence-corrected chi connectivity index (χ4v) is 2.71. The Morgan fingerprint density at radius 3 is 2.21 bits per heavy atom. The van der Waals surface area contributed by atoms with Crippen LogP contribution in [0.15, 0.2) is 24.3 Å². The van der Waals surface area contributed by atoms with Crippen molar-refractivity contribution >= 4 is 33.7 Å². The van der Waals surface area contributed by atoms with Crippen molar-refractivity contribution < 1.29 is 19.5 Å². The fraction of sp³-hybridized carbons (Fsp3) is 0.308. The highest BCUT2D eigenvalue weighted by Gasteiger charge is 2.38. The molecular weight excluding hydrogens is 314 g/mol. The summed E-state index contributed by atoms with van der Waals surface area (Å²) in [4.78, 5) is 35.3. The maximum Gasteiger partial charge on any atom is 0.303 e. The number of carbonyl (C=O) groups is 3. The molecule has 0 fully saturated rings. The van der Waals surface area contributed by atoms with Crippen molar-refractivity contribution in [1.82, 2.24) is 4.90 Å². The number of carboxylic acid groups (broad SMARTS) is 1. The molecule has 1 heterocycles. The molecule has 0 aromatic heterocycles. The topological polar surface area (TPSA) is 74.7 Å². The lowest BCUT2D eigenvalue weighted by Crippen LogP contribution is -2.36. The normalized spacial score (nSPS) is 15.5. The van der Waals surface area contributed by atoms with Gasteiger partial charge >= 0.3 is 5.97 Å². The zero-order valence-electron chi connectivity index (χ0n) is 10.0. The molecule has 1 atom stereocenters. The van der Waals surface area contributed by atoms with Gasteiger partial charge in [-0.3, -0.25) is 19.3 Å². The van der Waals surface area contributed by atoms with E-state index in [4.69, 9.17) is 5.11 Å². The lowest BCUT2D eigenvalue weighted by Gasteiger charge is -2.20. The van der Waals surface area contributed by atoms with Crippen LogP contribution in [0.1, 0.15) is 40.0 Å². The van der Waals surface area contributed by atoms with E-state index in [2.05, 4.69) is 15.9 Å². The highest BCUT2D eigenvalue weighted by molar-refractivity contribution is 9.09. The maximum atomic E-state index is 12.1. The Balaban J connectivity index is 2.09. The highest BCUT2D eigenvalue weighted by atomic mass is 79.9. The molecule has 0 radical (unpaired) electrons. The predicted molar refractivity (Wildman–Crippen MR) is 71.1 cm³/mol. The van der Waals surface area contributed by atoms with Crippen molar-refractivity contribution in [1.29, 1.82) is 0 Å². The molecule has 2 rings (SSSR count). The van der Waals surface area contributed by atoms with Crippen LogP contribution < -0.4 is 0 Å². The molecular formula is C13H12BrNO4. The van der Waals surface area contributed by atoms with Gasteiger partial charge in [-0.05, 0) is 25.0 Å². The minimum absolute atomic E-state index is 0.0191. The minimum Gasteiger partial charge on any atom is -0.481 e. The van der Waals surface area contributed by atoms with Gasteiger partial charge in [0.2, 0.25) is 0 Å². The standard InChI is InChI=1S/C13H12BrNO4/c14-10(6-3-7-11(16)17)15-12(18)8-4-1-2-5-9(8)13(15)19/h1-2,4-5,10H,3,6-7H2,(H,16,17). The molecule has 6 heteroatoms. The number of alkyl halides is 1. The van der Waals surface area contributed by atoms with Gasteiger partial charge in [-0.25, -0.2) is 0 Å². The number of fused-ring (bicyclic) bond motifs is 1. The number of benzene rings is 1. The van der Waals surface area contributed by atoms with Crippen LogP contribution in [-0.2, 0) is 4.79 Å². The quantitative estimate of drug-likeness (QED) is 0.512. The van der Waals surface area contributed by atoms with Crippen molar-refractivity contribution in [2.45, 2.75) is 24.2 Å². The van der Waals surface area contributed by atoms with Gasteiger partial charge in [0.1, 0.15) is 0 Å². The van der Waals surface area contributed by atoms with Crippen molar-refractivity contribution in [3.05, 3.63) is 35.4 Å². The van der Waals surface area contributed by atoms with Crippen LogP contribution in [0.25, 0.3) is 0 Å². The van der Waals surface area contributed by atoms with Crippen LogP contribution in [0.5, 0.6) is 0 Å². The number of amides is 2. The summed E-state index contributed by atoms with van der Waals surface area (Å²) in [6.07, 6.45) is 0.835. The second-order valence-electron chi connectivity index (χ2n) is 4.25. The summed E-state index contributed by atoms with van der Waals surface area (Å²) in [5, 5.41) is 8.57. The lowest BCUT2D eigenvalue weighted by atomic mass is 10.1. The van der Waals surface area contributed by atoms with Gasteiger partial charge in [0.05, 0.1) is 16.1 Å². The molecule has 0 saturated heterocycles. The summed E-state index contributed by atoms with van der Waals surface area (Å²) >= 11 is 3.29. The Morgan fingerprint density at radius 2 is 1.74 bits per heavy atom. The molecule has 0 saturated carbocycles. The number of imide groups is 1. The van der Waals surface area contributed by atoms with Crippen LogP contribution in [0.3, 0.4) is 0 Å². The first kappa shape index (κ1) is 13.7. The van der Waals surface area contributed by atoms with Crippen molar-refractivity contribution in [3.63, 3.8) is 0 Å². The first-order valence-corrected chi connectivity index (χ1v) is 6.76. The third kappa shape index (κ3) is 2.68. The molecule has 2 amide bonds. The van der Waals surface area contributed by atoms with E-state index in [-0.39, 0.29) is 18.2 Å². The van der Waals surface area contributed by atoms with Crippen LogP contribution in [-0.4, -0.2) is 32.7 Å². The highest BCUT2D eigenvalue weighted by Crippen LogP contribution is 2.28. The molecule has 0 aliphatic carbocycles. The molecule has 1 N–H and O–H groups in total. The average Bonchev–Trinajstić information content (AvgIpc) is 2.62. The second kappa shape index (κ2) is 5.52. The van der Waals surface area contributed by atoms with E-state index in [1.807, 2.05) is 0 Å². The summed E-state index contributed by atoms with van der Waals surface area (Å²) in [5.74, 6) is -1.56. The lowest BCUT2D eigenvalue weighted by molar-refractivity contribution is -0.137. The Bertz CT molecular complexity index is 508. The zero-order chi connectivity index (χ0) is 14.0. The Hall–Kier alpha value is -1.69. The number of hydrogen-bond donors (Lipinski definition) is 1. The molecule has 1 aromatic carbocycles. The monoisotopic (exact) mass is 325 g/mol. The van der Waals surface area contributed by atoms with E-state index in [0.717, 1.165) is 4.90 Å². The predicted octanol–water partition coefficient (Wildman–Crippen LogP) is 2.26. The molecule has 0 bridgehead atoms. The van der Waals surface area contributed by atoms with Crippen molar-refractivity contribution in [2.24, 2.45) is 0 Å². The van der Waals surface area contributed by atoms with E-state index in [1.54, 1.807) is 24.3 Å². The molecule has 5 nitrogen and oxygen atoms in total. The number of aliphatic carboxylic acids is 1. The first-order chi connectivity index (χ1) is 9.02. The Kier molecular flexibility index (Phi) is 3.99. The van der Waals surface area contributed by atoms with Gasteiger partial charge in [0.15, 0.2) is 0 Å². The van der Waals surface area contributed by atoms with E-state index in [1.165, 1.54) is 0 Å². The van der Waals surface area contributed by atoms with Crippen LogP contribution in [0.2, 0.25) is 0 Å². The number of carbonyl (C=O) groups excluding carboxylic acids is 2. The largest absolute Gasteiger partial charge is 0.481 e. The van der Waals surface area contributed by atoms with Gasteiger partial charge in [-0.15, -0.1) is 0 Å². The van der Waals surface area contributed by atoms with Gasteiger partial charge < -0.3 is 5.11 Å². The molecule has 100 valence electrons. The zero-order valence-corrected chi connectivity index (χ0v) is 11.6. The number of rotatable bonds is 5. The summed E-state index contributed by atoms with van der Waals surface area (Å²) < 4.78 is 0. The van der Waals surface area contributed by atoms with Crippen LogP contribution in [0, 0.1) is 0 Å². The van der Waals surface area contributed by atoms with Gasteiger partial charge in [0.25, 0.3) is 11.8 Å². The van der Waals surface area contributed by atoms with Gasteiger partial charge in [-0.1, -0.05) is 28.1 Å². The molecule has 0 spiro atoms. The van der Waals surface area contributed by atoms with Gasteiger partial charge in [0, 0.05) is 6.42 Å². The average molecular weight is 326 g/mol. The number of nitrogens with zero attached hydrogens (tertiary/aromatic N) is 1. The first-order valence-electron chi connectivity index (χ1n) is 5.85. The van der Waals surface area contributed by atoms with Crippen LogP contribution in [0.4, 0.5) is 0 Å². The Labute approximate surface area is 118 Å². The summed E-state index contributed by atoms with van der Waals surface area (Å²) in [6.45, 7) is 0. The number of hydrogen-bond acceptors (Lipinski definition) is 3. The second-order valence-corrected chi connectivity index (χ2v) is 5.30. The Morgan fingerprint density at radius 1 is 1.21 bits per heavy atom. The third-order valence-corrected chi connectivity index (χ3v) is 3.81. The van der Waals surface area contributed by atoms with E-state index >= 15 is 0 Å². The van der Waals surface area contributed by atoms with E-state index in [9.17, 15) is 14.4 Å². The fourth-order valence-electron chi connectivity index (χ4n) is 2.01. The molecule has 1 unspecified atom stereocenters. The minimum atomic E-state index is -0.887. The molecule has 1 aliphatic heterocycles. The summed E-state index contributed by atoms with van der Waals surface area (Å²) in [6, 6.07) is 6.65. The smallest absolute Gasteiger partial charge is 0.303 e. The number of carboxylic acids is 1. The molecule has 1 aromatic rings. The third-order valence-electron chi connectivity index (χ3n) is 2.94. The maximum absolute atomic E-state index is 12.1. The number of halogens is 1.